The van der Waals surface area contributed by atoms with Gasteiger partial charge in [0.05, 0.1) is 12.2 Å². The molecule has 0 unspecified atom stereocenters. The zero-order valence-electron chi connectivity index (χ0n) is 19.2. The largest absolute Gasteiger partial charge is 0.492 e. The molecule has 2 amide bonds. The van der Waals surface area contributed by atoms with Gasteiger partial charge in [0.1, 0.15) is 11.5 Å². The van der Waals surface area contributed by atoms with E-state index in [-0.39, 0.29) is 11.7 Å². The second-order valence-corrected chi connectivity index (χ2v) is 8.79. The lowest BCUT2D eigenvalue weighted by Gasteiger charge is -2.14. The lowest BCUT2D eigenvalue weighted by Crippen LogP contribution is -2.49. The van der Waals surface area contributed by atoms with Crippen molar-refractivity contribution in [3.63, 3.8) is 0 Å². The number of hydrogen-bond donors (Lipinski definition) is 3. The van der Waals surface area contributed by atoms with E-state index in [1.165, 1.54) is 5.56 Å². The fraction of sp³-hybridized carbons (Fsp3) is 0.192. The minimum Gasteiger partial charge on any atom is -0.492 e. The SMILES string of the molecule is CCc1ccc(OCC(=O)NNC(=S)NC(=O)c2cc(Br)ccc2OCCc2ccccc2)cc1. The number of rotatable bonds is 9. The van der Waals surface area contributed by atoms with Crippen molar-refractivity contribution in [3.05, 3.63) is 94.0 Å². The molecule has 7 nitrogen and oxygen atoms in total. The minimum absolute atomic E-state index is 0.0640. The Hall–Kier alpha value is -3.43. The van der Waals surface area contributed by atoms with Crippen LogP contribution in [0, 0.1) is 0 Å². The van der Waals surface area contributed by atoms with E-state index in [4.69, 9.17) is 21.7 Å². The highest BCUT2D eigenvalue weighted by atomic mass is 79.9. The van der Waals surface area contributed by atoms with Crippen LogP contribution in [0.3, 0.4) is 0 Å². The van der Waals surface area contributed by atoms with Gasteiger partial charge in [-0.15, -0.1) is 0 Å². The number of ether oxygens (including phenoxy) is 2. The zero-order valence-corrected chi connectivity index (χ0v) is 21.6. The smallest absolute Gasteiger partial charge is 0.276 e. The first kappa shape index (κ1) is 26.2. The van der Waals surface area contributed by atoms with E-state index < -0.39 is 11.8 Å². The predicted octanol–water partition coefficient (Wildman–Crippen LogP) is 4.35. The van der Waals surface area contributed by atoms with Crippen molar-refractivity contribution < 1.29 is 19.1 Å². The molecule has 0 aromatic heterocycles. The van der Waals surface area contributed by atoms with Crippen LogP contribution in [0.4, 0.5) is 0 Å². The normalized spacial score (nSPS) is 10.2. The average molecular weight is 556 g/mol. The first-order valence-electron chi connectivity index (χ1n) is 11.0. The lowest BCUT2D eigenvalue weighted by molar-refractivity contribution is -0.123. The number of thiocarbonyl (C=S) groups is 1. The predicted molar refractivity (Wildman–Crippen MR) is 142 cm³/mol. The molecular weight excluding hydrogens is 530 g/mol. The summed E-state index contributed by atoms with van der Waals surface area (Å²) in [5.74, 6) is 0.0900. The van der Waals surface area contributed by atoms with E-state index in [0.29, 0.717) is 34.6 Å². The van der Waals surface area contributed by atoms with Gasteiger partial charge in [-0.2, -0.15) is 0 Å². The quantitative estimate of drug-likeness (QED) is 0.269. The van der Waals surface area contributed by atoms with Crippen LogP contribution in [0.1, 0.15) is 28.4 Å². The molecule has 3 rings (SSSR count). The molecule has 0 spiro atoms. The average Bonchev–Trinajstić information content (AvgIpc) is 2.88. The Balaban J connectivity index is 1.46. The Kier molecular flexibility index (Phi) is 10.1. The second kappa shape index (κ2) is 13.5. The van der Waals surface area contributed by atoms with Crippen molar-refractivity contribution in [1.29, 1.82) is 0 Å². The number of carbonyl (C=O) groups excluding carboxylic acids is 2. The molecule has 0 saturated carbocycles. The molecular formula is C26H26BrN3O4S. The number of hydrazine groups is 1. The number of halogens is 1. The fourth-order valence-electron chi connectivity index (χ4n) is 3.06. The van der Waals surface area contributed by atoms with Crippen LogP contribution in [0.2, 0.25) is 0 Å². The Morgan fingerprint density at radius 1 is 0.914 bits per heavy atom. The third-order valence-corrected chi connectivity index (χ3v) is 5.62. The zero-order chi connectivity index (χ0) is 25.0. The maximum Gasteiger partial charge on any atom is 0.276 e. The monoisotopic (exact) mass is 555 g/mol. The Morgan fingerprint density at radius 3 is 2.37 bits per heavy atom. The van der Waals surface area contributed by atoms with Crippen LogP contribution in [0.5, 0.6) is 11.5 Å². The number of amides is 2. The highest BCUT2D eigenvalue weighted by molar-refractivity contribution is 9.10. The van der Waals surface area contributed by atoms with E-state index in [9.17, 15) is 9.59 Å². The molecule has 9 heteroatoms. The summed E-state index contributed by atoms with van der Waals surface area (Å²) < 4.78 is 12.0. The molecule has 3 aromatic carbocycles. The van der Waals surface area contributed by atoms with E-state index in [1.807, 2.05) is 54.6 Å². The summed E-state index contributed by atoms with van der Waals surface area (Å²) in [5, 5.41) is 2.47. The molecule has 0 atom stereocenters. The highest BCUT2D eigenvalue weighted by Crippen LogP contribution is 2.23. The molecule has 0 aliphatic carbocycles. The van der Waals surface area contributed by atoms with Crippen molar-refractivity contribution in [3.8, 4) is 11.5 Å². The maximum absolute atomic E-state index is 12.8. The van der Waals surface area contributed by atoms with Crippen molar-refractivity contribution in [2.45, 2.75) is 19.8 Å². The number of aryl methyl sites for hydroxylation is 1. The molecule has 3 N–H and O–H groups in total. The summed E-state index contributed by atoms with van der Waals surface area (Å²) in [5.41, 5.74) is 7.53. The van der Waals surface area contributed by atoms with E-state index >= 15 is 0 Å². The van der Waals surface area contributed by atoms with Gasteiger partial charge in [0, 0.05) is 10.9 Å². The topological polar surface area (TPSA) is 88.7 Å². The third kappa shape index (κ3) is 8.70. The molecule has 0 bridgehead atoms. The summed E-state index contributed by atoms with van der Waals surface area (Å²) in [6, 6.07) is 22.6. The molecule has 182 valence electrons. The molecule has 0 aliphatic heterocycles. The van der Waals surface area contributed by atoms with Crippen LogP contribution in [0.15, 0.2) is 77.3 Å². The van der Waals surface area contributed by atoms with Crippen molar-refractivity contribution >= 4 is 45.1 Å². The maximum atomic E-state index is 12.8. The summed E-state index contributed by atoms with van der Waals surface area (Å²) in [6.07, 6.45) is 1.63. The molecule has 0 fully saturated rings. The van der Waals surface area contributed by atoms with Gasteiger partial charge in [-0.05, 0) is 60.1 Å². The van der Waals surface area contributed by atoms with Gasteiger partial charge in [0.2, 0.25) is 0 Å². The van der Waals surface area contributed by atoms with Crippen molar-refractivity contribution in [2.75, 3.05) is 13.2 Å². The number of carbonyl (C=O) groups is 2. The van der Waals surface area contributed by atoms with Crippen LogP contribution in [0.25, 0.3) is 0 Å². The Labute approximate surface area is 218 Å². The first-order valence-corrected chi connectivity index (χ1v) is 12.2. The third-order valence-electron chi connectivity index (χ3n) is 4.92. The van der Waals surface area contributed by atoms with Crippen LogP contribution in [-0.4, -0.2) is 30.1 Å². The van der Waals surface area contributed by atoms with Gasteiger partial charge in [0.25, 0.3) is 11.8 Å². The van der Waals surface area contributed by atoms with E-state index in [2.05, 4.69) is 39.0 Å². The molecule has 3 aromatic rings. The van der Waals surface area contributed by atoms with Crippen molar-refractivity contribution in [1.82, 2.24) is 16.2 Å². The number of hydrogen-bond acceptors (Lipinski definition) is 5. The second-order valence-electron chi connectivity index (χ2n) is 7.47. The highest BCUT2D eigenvalue weighted by Gasteiger charge is 2.15. The van der Waals surface area contributed by atoms with Crippen molar-refractivity contribution in [2.24, 2.45) is 0 Å². The van der Waals surface area contributed by atoms with E-state index in [1.54, 1.807) is 18.2 Å². The first-order chi connectivity index (χ1) is 16.9. The van der Waals surface area contributed by atoms with Gasteiger partial charge in [-0.25, -0.2) is 0 Å². The van der Waals surface area contributed by atoms with Gasteiger partial charge in [-0.3, -0.25) is 25.8 Å². The van der Waals surface area contributed by atoms with Gasteiger partial charge in [-0.1, -0.05) is 65.3 Å². The van der Waals surface area contributed by atoms with Crippen LogP contribution in [-0.2, 0) is 17.6 Å². The number of benzene rings is 3. The Morgan fingerprint density at radius 2 is 1.66 bits per heavy atom. The van der Waals surface area contributed by atoms with Crippen LogP contribution >= 0.6 is 28.1 Å². The minimum atomic E-state index is -0.472. The standard InChI is InChI=1S/C26H26BrN3O4S/c1-2-18-8-11-21(12-9-18)34-17-24(31)29-30-26(35)28-25(32)22-16-20(27)10-13-23(22)33-15-14-19-6-4-3-5-7-19/h3-13,16H,2,14-15,17H2,1H3,(H,29,31)(H2,28,30,32,35). The fourth-order valence-corrected chi connectivity index (χ4v) is 3.57. The Bertz CT molecular complexity index is 1160. The van der Waals surface area contributed by atoms with Gasteiger partial charge in [0.15, 0.2) is 11.7 Å². The number of nitrogens with one attached hydrogen (secondary N) is 3. The molecule has 0 radical (unpaired) electrons. The molecule has 0 saturated heterocycles. The molecule has 0 heterocycles. The van der Waals surface area contributed by atoms with Gasteiger partial charge >= 0.3 is 0 Å². The summed E-state index contributed by atoms with van der Waals surface area (Å²) in [4.78, 5) is 24.8. The summed E-state index contributed by atoms with van der Waals surface area (Å²) in [6.45, 7) is 2.26. The summed E-state index contributed by atoms with van der Waals surface area (Å²) >= 11 is 8.51. The van der Waals surface area contributed by atoms with E-state index in [0.717, 1.165) is 12.0 Å². The molecule has 0 aliphatic rings. The van der Waals surface area contributed by atoms with Gasteiger partial charge < -0.3 is 9.47 Å². The lowest BCUT2D eigenvalue weighted by atomic mass is 10.1. The summed E-state index contributed by atoms with van der Waals surface area (Å²) in [7, 11) is 0. The molecule has 35 heavy (non-hydrogen) atoms. The van der Waals surface area contributed by atoms with Crippen LogP contribution < -0.4 is 25.6 Å².